The fraction of sp³-hybridized carbons (Fsp3) is 0.421. The van der Waals surface area contributed by atoms with E-state index < -0.39 is 0 Å². The van der Waals surface area contributed by atoms with Gasteiger partial charge in [0.05, 0.1) is 35.9 Å². The SMILES string of the molecule is Cc1cc(C)n(C[C@H]2CCCN2C(=O)Cc2[nH]nc3ccccc23)n1. The van der Waals surface area contributed by atoms with E-state index in [1.54, 1.807) is 0 Å². The average Bonchev–Trinajstić information content (AvgIpc) is 3.28. The largest absolute Gasteiger partial charge is 0.338 e. The zero-order valence-electron chi connectivity index (χ0n) is 14.7. The quantitative estimate of drug-likeness (QED) is 0.796. The molecule has 6 heteroatoms. The van der Waals surface area contributed by atoms with Crippen molar-refractivity contribution in [1.29, 1.82) is 0 Å². The molecule has 0 saturated carbocycles. The minimum atomic E-state index is 0.165. The van der Waals surface area contributed by atoms with E-state index in [1.165, 1.54) is 0 Å². The molecule has 1 aliphatic heterocycles. The summed E-state index contributed by atoms with van der Waals surface area (Å²) in [6, 6.07) is 10.2. The lowest BCUT2D eigenvalue weighted by molar-refractivity contribution is -0.131. The molecule has 1 N–H and O–H groups in total. The number of nitrogens with zero attached hydrogens (tertiary/aromatic N) is 4. The van der Waals surface area contributed by atoms with Gasteiger partial charge in [0, 0.05) is 17.6 Å². The minimum Gasteiger partial charge on any atom is -0.338 e. The van der Waals surface area contributed by atoms with Crippen molar-refractivity contribution in [3.63, 3.8) is 0 Å². The van der Waals surface area contributed by atoms with Crippen LogP contribution in [0.1, 0.15) is 29.9 Å². The molecule has 3 heterocycles. The zero-order valence-corrected chi connectivity index (χ0v) is 14.7. The molecule has 0 unspecified atom stereocenters. The predicted molar refractivity (Wildman–Crippen MR) is 96.2 cm³/mol. The van der Waals surface area contributed by atoms with Crippen molar-refractivity contribution in [2.45, 2.75) is 45.7 Å². The lowest BCUT2D eigenvalue weighted by Crippen LogP contribution is -2.39. The van der Waals surface area contributed by atoms with Crippen LogP contribution >= 0.6 is 0 Å². The first-order valence-corrected chi connectivity index (χ1v) is 8.84. The Morgan fingerprint density at radius 3 is 2.96 bits per heavy atom. The molecule has 0 aliphatic carbocycles. The van der Waals surface area contributed by atoms with Crippen molar-refractivity contribution in [2.24, 2.45) is 0 Å². The minimum absolute atomic E-state index is 0.165. The van der Waals surface area contributed by atoms with E-state index in [4.69, 9.17) is 0 Å². The van der Waals surface area contributed by atoms with Gasteiger partial charge < -0.3 is 4.90 Å². The van der Waals surface area contributed by atoms with E-state index in [0.717, 1.165) is 53.9 Å². The van der Waals surface area contributed by atoms with Crippen molar-refractivity contribution >= 4 is 16.8 Å². The maximum absolute atomic E-state index is 12.9. The molecule has 0 spiro atoms. The van der Waals surface area contributed by atoms with Gasteiger partial charge in [-0.1, -0.05) is 18.2 Å². The molecule has 1 fully saturated rings. The number of para-hydroxylation sites is 1. The molecule has 1 amide bonds. The normalized spacial score (nSPS) is 17.5. The van der Waals surface area contributed by atoms with Crippen LogP contribution in [-0.4, -0.2) is 43.4 Å². The van der Waals surface area contributed by atoms with Crippen LogP contribution in [0.2, 0.25) is 0 Å². The van der Waals surface area contributed by atoms with Gasteiger partial charge in [0.2, 0.25) is 5.91 Å². The van der Waals surface area contributed by atoms with Crippen molar-refractivity contribution < 1.29 is 4.79 Å². The van der Waals surface area contributed by atoms with Crippen molar-refractivity contribution in [3.8, 4) is 0 Å². The van der Waals surface area contributed by atoms with E-state index in [1.807, 2.05) is 40.8 Å². The number of hydrogen-bond donors (Lipinski definition) is 1. The lowest BCUT2D eigenvalue weighted by atomic mass is 10.1. The van der Waals surface area contributed by atoms with Gasteiger partial charge in [-0.15, -0.1) is 0 Å². The number of benzene rings is 1. The molecule has 25 heavy (non-hydrogen) atoms. The maximum atomic E-state index is 12.9. The molecule has 6 nitrogen and oxygen atoms in total. The highest BCUT2D eigenvalue weighted by atomic mass is 16.2. The van der Waals surface area contributed by atoms with Gasteiger partial charge in [0.1, 0.15) is 0 Å². The van der Waals surface area contributed by atoms with Gasteiger partial charge in [0.25, 0.3) is 0 Å². The number of H-pyrrole nitrogens is 1. The Morgan fingerprint density at radius 2 is 2.16 bits per heavy atom. The molecule has 0 radical (unpaired) electrons. The molecule has 1 aromatic carbocycles. The number of aromatic nitrogens is 4. The highest BCUT2D eigenvalue weighted by Gasteiger charge is 2.30. The van der Waals surface area contributed by atoms with Gasteiger partial charge in [-0.3, -0.25) is 14.6 Å². The molecule has 0 bridgehead atoms. The second-order valence-corrected chi connectivity index (χ2v) is 6.89. The third kappa shape index (κ3) is 3.04. The molecule has 130 valence electrons. The fourth-order valence-corrected chi connectivity index (χ4v) is 3.82. The summed E-state index contributed by atoms with van der Waals surface area (Å²) in [5, 5.41) is 12.9. The van der Waals surface area contributed by atoms with Crippen LogP contribution in [0.25, 0.3) is 10.9 Å². The molecular formula is C19H23N5O. The van der Waals surface area contributed by atoms with Crippen LogP contribution in [0.4, 0.5) is 0 Å². The first-order valence-electron chi connectivity index (χ1n) is 8.84. The summed E-state index contributed by atoms with van der Waals surface area (Å²) in [5.41, 5.74) is 3.98. The third-order valence-electron chi connectivity index (χ3n) is 5.05. The fourth-order valence-electron chi connectivity index (χ4n) is 3.82. The first-order chi connectivity index (χ1) is 12.1. The molecule has 1 atom stereocenters. The van der Waals surface area contributed by atoms with E-state index in [9.17, 15) is 4.79 Å². The smallest absolute Gasteiger partial charge is 0.228 e. The van der Waals surface area contributed by atoms with Crippen LogP contribution in [-0.2, 0) is 17.8 Å². The molecule has 3 aromatic rings. The Balaban J connectivity index is 1.50. The molecule has 1 saturated heterocycles. The van der Waals surface area contributed by atoms with Crippen LogP contribution in [0.15, 0.2) is 30.3 Å². The van der Waals surface area contributed by atoms with Crippen LogP contribution in [0.3, 0.4) is 0 Å². The van der Waals surface area contributed by atoms with Crippen LogP contribution in [0, 0.1) is 13.8 Å². The number of carbonyl (C=O) groups excluding carboxylic acids is 1. The van der Waals surface area contributed by atoms with Gasteiger partial charge in [0.15, 0.2) is 0 Å². The second kappa shape index (κ2) is 6.35. The summed E-state index contributed by atoms with van der Waals surface area (Å²) in [4.78, 5) is 14.9. The number of likely N-dealkylation sites (tertiary alicyclic amines) is 1. The Bertz CT molecular complexity index is 910. The van der Waals surface area contributed by atoms with Crippen LogP contribution < -0.4 is 0 Å². The van der Waals surface area contributed by atoms with E-state index in [0.29, 0.717) is 6.42 Å². The van der Waals surface area contributed by atoms with Gasteiger partial charge in [-0.25, -0.2) is 0 Å². The molecule has 2 aromatic heterocycles. The van der Waals surface area contributed by atoms with E-state index >= 15 is 0 Å². The Morgan fingerprint density at radius 1 is 1.32 bits per heavy atom. The summed E-state index contributed by atoms with van der Waals surface area (Å²) in [6.07, 6.45) is 2.46. The highest BCUT2D eigenvalue weighted by Crippen LogP contribution is 2.22. The lowest BCUT2D eigenvalue weighted by Gasteiger charge is -2.25. The Labute approximate surface area is 146 Å². The summed E-state index contributed by atoms with van der Waals surface area (Å²) >= 11 is 0. The number of aryl methyl sites for hydroxylation is 2. The van der Waals surface area contributed by atoms with Gasteiger partial charge >= 0.3 is 0 Å². The number of rotatable bonds is 4. The number of fused-ring (bicyclic) bond motifs is 1. The number of hydrogen-bond acceptors (Lipinski definition) is 3. The standard InChI is InChI=1S/C19H23N5O/c1-13-10-14(2)24(22-13)12-15-6-5-9-23(15)19(25)11-18-16-7-3-4-8-17(16)20-21-18/h3-4,7-8,10,15H,5-6,9,11-12H2,1-2H3,(H,20,21)/t15-/m1/s1. The van der Waals surface area contributed by atoms with Crippen molar-refractivity contribution in [1.82, 2.24) is 24.9 Å². The number of nitrogens with one attached hydrogen (secondary N) is 1. The number of amides is 1. The summed E-state index contributed by atoms with van der Waals surface area (Å²) in [7, 11) is 0. The van der Waals surface area contributed by atoms with Gasteiger partial charge in [-0.2, -0.15) is 10.2 Å². The van der Waals surface area contributed by atoms with Gasteiger partial charge in [-0.05, 0) is 38.8 Å². The van der Waals surface area contributed by atoms with Crippen molar-refractivity contribution in [3.05, 3.63) is 47.4 Å². The molecule has 4 rings (SSSR count). The summed E-state index contributed by atoms with van der Waals surface area (Å²) in [6.45, 7) is 5.67. The predicted octanol–water partition coefficient (Wildman–Crippen LogP) is 2.61. The Kier molecular flexibility index (Phi) is 4.03. The van der Waals surface area contributed by atoms with Crippen molar-refractivity contribution in [2.75, 3.05) is 6.54 Å². The maximum Gasteiger partial charge on any atom is 0.228 e. The number of carbonyl (C=O) groups is 1. The topological polar surface area (TPSA) is 66.8 Å². The highest BCUT2D eigenvalue weighted by molar-refractivity contribution is 5.87. The second-order valence-electron chi connectivity index (χ2n) is 6.89. The summed E-state index contributed by atoms with van der Waals surface area (Å²) in [5.74, 6) is 0.165. The first kappa shape index (κ1) is 15.9. The number of aromatic amines is 1. The van der Waals surface area contributed by atoms with Crippen LogP contribution in [0.5, 0.6) is 0 Å². The zero-order chi connectivity index (χ0) is 17.4. The monoisotopic (exact) mass is 337 g/mol. The van der Waals surface area contributed by atoms with E-state index in [-0.39, 0.29) is 11.9 Å². The summed E-state index contributed by atoms with van der Waals surface area (Å²) < 4.78 is 2.02. The van der Waals surface area contributed by atoms with E-state index in [2.05, 4.69) is 28.3 Å². The third-order valence-corrected chi connectivity index (χ3v) is 5.05. The Hall–Kier alpha value is -2.63. The molecule has 1 aliphatic rings. The molecular weight excluding hydrogens is 314 g/mol. The average molecular weight is 337 g/mol.